The van der Waals surface area contributed by atoms with E-state index < -0.39 is 6.09 Å². The van der Waals surface area contributed by atoms with Gasteiger partial charge in [-0.05, 0) is 18.4 Å². The van der Waals surface area contributed by atoms with Crippen LogP contribution >= 0.6 is 0 Å². The molecular formula is C17H22BNO4. The maximum absolute atomic E-state index is 12.8. The Bertz CT molecular complexity index is 523. The predicted octanol–water partition coefficient (Wildman–Crippen LogP) is 2.21. The lowest BCUT2D eigenvalue weighted by molar-refractivity contribution is -0.135. The van der Waals surface area contributed by atoms with Gasteiger partial charge in [0.1, 0.15) is 6.61 Å². The molecule has 1 aliphatic heterocycles. The molecule has 6 heteroatoms. The number of nitrogens with zero attached hydrogens (tertiary/aromatic N) is 1. The fourth-order valence-electron chi connectivity index (χ4n) is 2.81. The lowest BCUT2D eigenvalue weighted by Crippen LogP contribution is -2.44. The van der Waals surface area contributed by atoms with Gasteiger partial charge in [0.15, 0.2) is 0 Å². The van der Waals surface area contributed by atoms with Crippen LogP contribution in [0.1, 0.15) is 18.4 Å². The van der Waals surface area contributed by atoms with Crippen LogP contribution in [0.2, 0.25) is 6.32 Å². The lowest BCUT2D eigenvalue weighted by Gasteiger charge is -2.24. The molecule has 1 heterocycles. The molecule has 5 nitrogen and oxygen atoms in total. The highest BCUT2D eigenvalue weighted by Gasteiger charge is 2.40. The van der Waals surface area contributed by atoms with Crippen molar-refractivity contribution in [2.45, 2.75) is 31.6 Å². The molecule has 0 N–H and O–H groups in total. The monoisotopic (exact) mass is 315 g/mol. The fraction of sp³-hybridized carbons (Fsp3) is 0.529. The van der Waals surface area contributed by atoms with Crippen molar-refractivity contribution in [2.24, 2.45) is 5.92 Å². The summed E-state index contributed by atoms with van der Waals surface area (Å²) in [6, 6.07) is 9.50. The molecule has 0 bridgehead atoms. The van der Waals surface area contributed by atoms with Crippen molar-refractivity contribution < 1.29 is 19.1 Å². The lowest BCUT2D eigenvalue weighted by atomic mass is 9.93. The van der Waals surface area contributed by atoms with Crippen LogP contribution in [-0.4, -0.2) is 51.1 Å². The topological polar surface area (TPSA) is 55.8 Å². The van der Waals surface area contributed by atoms with Crippen LogP contribution in [0.3, 0.4) is 0 Å². The van der Waals surface area contributed by atoms with Crippen molar-refractivity contribution in [2.75, 3.05) is 20.3 Å². The molecule has 1 aromatic carbocycles. The first-order chi connectivity index (χ1) is 11.2. The molecule has 1 fully saturated rings. The zero-order valence-corrected chi connectivity index (χ0v) is 13.4. The van der Waals surface area contributed by atoms with E-state index in [1.165, 1.54) is 4.90 Å². The van der Waals surface area contributed by atoms with Gasteiger partial charge in [-0.2, -0.15) is 0 Å². The third-order valence-corrected chi connectivity index (χ3v) is 3.99. The maximum Gasteiger partial charge on any atom is 0.416 e. The van der Waals surface area contributed by atoms with Gasteiger partial charge in [0.25, 0.3) is 0 Å². The highest BCUT2D eigenvalue weighted by Crippen LogP contribution is 2.22. The van der Waals surface area contributed by atoms with E-state index in [4.69, 9.17) is 17.3 Å². The van der Waals surface area contributed by atoms with E-state index in [2.05, 4.69) is 0 Å². The summed E-state index contributed by atoms with van der Waals surface area (Å²) in [6.45, 7) is 0.511. The molecule has 2 atom stereocenters. The first kappa shape index (κ1) is 17.5. The molecule has 1 saturated heterocycles. The number of rotatable bonds is 8. The Morgan fingerprint density at radius 1 is 1.43 bits per heavy atom. The van der Waals surface area contributed by atoms with Crippen LogP contribution in [0.4, 0.5) is 4.79 Å². The number of carbonyl (C=O) groups excluding carboxylic acids is 2. The molecule has 2 rings (SSSR count). The summed E-state index contributed by atoms with van der Waals surface area (Å²) in [5, 5.41) is 0. The van der Waals surface area contributed by atoms with Crippen LogP contribution in [-0.2, 0) is 20.7 Å². The zero-order chi connectivity index (χ0) is 16.7. The summed E-state index contributed by atoms with van der Waals surface area (Å²) in [6.07, 6.45) is 1.85. The van der Waals surface area contributed by atoms with E-state index >= 15 is 0 Å². The van der Waals surface area contributed by atoms with Crippen molar-refractivity contribution in [3.63, 3.8) is 0 Å². The molecule has 0 unspecified atom stereocenters. The molecule has 1 aliphatic rings. The van der Waals surface area contributed by atoms with Gasteiger partial charge in [-0.3, -0.25) is 4.79 Å². The van der Waals surface area contributed by atoms with Crippen molar-refractivity contribution in [1.29, 1.82) is 0 Å². The van der Waals surface area contributed by atoms with E-state index in [1.54, 1.807) is 7.11 Å². The van der Waals surface area contributed by atoms with Gasteiger partial charge in [0, 0.05) is 7.11 Å². The number of methoxy groups -OCH3 is 1. The van der Waals surface area contributed by atoms with E-state index in [-0.39, 0.29) is 31.1 Å². The Balaban J connectivity index is 2.09. The summed E-state index contributed by atoms with van der Waals surface area (Å²) in [4.78, 5) is 26.0. The molecule has 0 spiro atoms. The molecule has 0 aliphatic carbocycles. The second-order valence-corrected chi connectivity index (χ2v) is 5.71. The van der Waals surface area contributed by atoms with Crippen molar-refractivity contribution in [3.8, 4) is 0 Å². The highest BCUT2D eigenvalue weighted by atomic mass is 16.6. The summed E-state index contributed by atoms with van der Waals surface area (Å²) < 4.78 is 10.2. The van der Waals surface area contributed by atoms with Crippen molar-refractivity contribution in [1.82, 2.24) is 4.90 Å². The smallest absolute Gasteiger partial charge is 0.416 e. The Kier molecular flexibility index (Phi) is 6.65. The average Bonchev–Trinajstić information content (AvgIpc) is 2.92. The highest BCUT2D eigenvalue weighted by molar-refractivity contribution is 6.08. The molecular weight excluding hydrogens is 293 g/mol. The number of amides is 2. The Morgan fingerprint density at radius 3 is 2.83 bits per heavy atom. The van der Waals surface area contributed by atoms with Crippen LogP contribution in [0.5, 0.6) is 0 Å². The molecule has 23 heavy (non-hydrogen) atoms. The van der Waals surface area contributed by atoms with Crippen LogP contribution < -0.4 is 0 Å². The Morgan fingerprint density at radius 2 is 2.17 bits per heavy atom. The maximum atomic E-state index is 12.8. The summed E-state index contributed by atoms with van der Waals surface area (Å²) in [5.74, 6) is -0.601. The second-order valence-electron chi connectivity index (χ2n) is 5.71. The van der Waals surface area contributed by atoms with Crippen LogP contribution in [0.15, 0.2) is 30.3 Å². The first-order valence-electron chi connectivity index (χ1n) is 7.90. The molecule has 1 aromatic rings. The molecule has 122 valence electrons. The number of hydrogen-bond acceptors (Lipinski definition) is 4. The zero-order valence-electron chi connectivity index (χ0n) is 13.4. The van der Waals surface area contributed by atoms with E-state index in [9.17, 15) is 9.59 Å². The molecule has 0 saturated carbocycles. The number of hydrogen-bond donors (Lipinski definition) is 0. The summed E-state index contributed by atoms with van der Waals surface area (Å²) in [7, 11) is 7.07. The average molecular weight is 315 g/mol. The Labute approximate surface area is 138 Å². The third-order valence-electron chi connectivity index (χ3n) is 3.99. The van der Waals surface area contributed by atoms with Gasteiger partial charge in [0.2, 0.25) is 5.91 Å². The Hall–Kier alpha value is -1.82. The first-order valence-corrected chi connectivity index (χ1v) is 7.90. The minimum absolute atomic E-state index is 0.232. The van der Waals surface area contributed by atoms with Gasteiger partial charge in [-0.1, -0.05) is 43.1 Å². The molecule has 2 amide bonds. The van der Waals surface area contributed by atoms with Crippen molar-refractivity contribution >= 4 is 19.8 Å². The number of ether oxygens (including phenoxy) is 2. The summed E-state index contributed by atoms with van der Waals surface area (Å²) in [5.41, 5.74) is 1.07. The predicted molar refractivity (Wildman–Crippen MR) is 87.3 cm³/mol. The van der Waals surface area contributed by atoms with Gasteiger partial charge >= 0.3 is 6.09 Å². The van der Waals surface area contributed by atoms with Gasteiger partial charge in [-0.15, -0.1) is 0 Å². The van der Waals surface area contributed by atoms with Gasteiger partial charge < -0.3 is 9.47 Å². The van der Waals surface area contributed by atoms with E-state index in [1.807, 2.05) is 30.3 Å². The SMILES string of the molecule is [B]CCC[C@H](COC)C(=O)N1C(=O)OC[C@@H]1Cc1ccccc1. The van der Waals surface area contributed by atoms with E-state index in [0.717, 1.165) is 5.56 Å². The van der Waals surface area contributed by atoms with E-state index in [0.29, 0.717) is 25.6 Å². The number of benzene rings is 1. The fourth-order valence-corrected chi connectivity index (χ4v) is 2.81. The third kappa shape index (κ3) is 4.58. The second kappa shape index (κ2) is 8.72. The summed E-state index contributed by atoms with van der Waals surface area (Å²) >= 11 is 0. The number of carbonyl (C=O) groups is 2. The van der Waals surface area contributed by atoms with Crippen LogP contribution in [0, 0.1) is 5.92 Å². The number of cyclic esters (lactones) is 1. The molecule has 0 aromatic heterocycles. The largest absolute Gasteiger partial charge is 0.447 e. The minimum atomic E-state index is -0.565. The van der Waals surface area contributed by atoms with Gasteiger partial charge in [-0.25, -0.2) is 9.69 Å². The van der Waals surface area contributed by atoms with Gasteiger partial charge in [0.05, 0.1) is 26.4 Å². The van der Waals surface area contributed by atoms with Crippen LogP contribution in [0.25, 0.3) is 0 Å². The number of imide groups is 1. The quantitative estimate of drug-likeness (QED) is 0.690. The standard InChI is InChI=1S/C17H22BNO4/c1-22-11-14(8-5-9-18)16(20)19-15(12-23-17(19)21)10-13-6-3-2-4-7-13/h2-4,6-7,14-15H,5,8-12H2,1H3/t14-,15+/m1/s1. The molecule has 2 radical (unpaired) electrons. The minimum Gasteiger partial charge on any atom is -0.447 e. The normalized spacial score (nSPS) is 18.7. The van der Waals surface area contributed by atoms with Crippen molar-refractivity contribution in [3.05, 3.63) is 35.9 Å².